The molecule has 0 saturated heterocycles. The smallest absolute Gasteiger partial charge is 0.463 e. The molecule has 0 aliphatic rings. The lowest BCUT2D eigenvalue weighted by Gasteiger charge is -2.28. The third kappa shape index (κ3) is 14.3. The molecule has 27 heavy (non-hydrogen) atoms. The molecule has 4 N–H and O–H groups in total. The minimum Gasteiger partial charge on any atom is -0.463 e. The minimum atomic E-state index is -4.26. The van der Waals surface area contributed by atoms with Crippen molar-refractivity contribution in [3.05, 3.63) is 0 Å². The molecule has 1 unspecified atom stereocenters. The van der Waals surface area contributed by atoms with Gasteiger partial charge in [0.25, 0.3) is 0 Å². The van der Waals surface area contributed by atoms with Crippen molar-refractivity contribution in [3.63, 3.8) is 0 Å². The first-order valence-electron chi connectivity index (χ1n) is 9.18. The Balaban J connectivity index is 3.99. The van der Waals surface area contributed by atoms with Gasteiger partial charge in [-0.3, -0.25) is 4.79 Å². The molecule has 0 radical (unpaired) electrons. The van der Waals surface area contributed by atoms with Crippen LogP contribution in [0.5, 0.6) is 0 Å². The van der Waals surface area contributed by atoms with Crippen LogP contribution >= 0.6 is 0 Å². The van der Waals surface area contributed by atoms with Crippen LogP contribution in [-0.4, -0.2) is 88.8 Å². The van der Waals surface area contributed by atoms with E-state index in [4.69, 9.17) is 37.1 Å². The van der Waals surface area contributed by atoms with Gasteiger partial charge in [0.1, 0.15) is 12.7 Å². The molecule has 0 aromatic heterocycles. The first-order chi connectivity index (χ1) is 12.7. The maximum atomic E-state index is 11.3. The molecule has 0 aromatic rings. The number of hydrogen-bond donors (Lipinski definition) is 4. The number of hydrogen-bond acceptors (Lipinski definition) is 10. The van der Waals surface area contributed by atoms with Crippen molar-refractivity contribution in [2.45, 2.75) is 51.8 Å². The van der Waals surface area contributed by atoms with Crippen LogP contribution < -0.4 is 0 Å². The van der Waals surface area contributed by atoms with Gasteiger partial charge in [0.15, 0.2) is 0 Å². The molecular formula is C15H34O10Si2. The van der Waals surface area contributed by atoms with E-state index in [0.717, 1.165) is 0 Å². The number of aliphatic hydroxyl groups excluding tert-OH is 1. The molecule has 0 heterocycles. The highest BCUT2D eigenvalue weighted by Crippen LogP contribution is 2.18. The summed E-state index contributed by atoms with van der Waals surface area (Å²) in [4.78, 5) is 37.8. The molecule has 162 valence electrons. The van der Waals surface area contributed by atoms with E-state index in [1.165, 1.54) is 0 Å². The summed E-state index contributed by atoms with van der Waals surface area (Å²) in [5, 5.41) is 9.73. The molecule has 0 rings (SSSR count). The monoisotopic (exact) mass is 430 g/mol. The summed E-state index contributed by atoms with van der Waals surface area (Å²) < 4.78 is 27.3. The Morgan fingerprint density at radius 3 is 1.96 bits per heavy atom. The van der Waals surface area contributed by atoms with Gasteiger partial charge in [-0.05, 0) is 27.2 Å². The van der Waals surface area contributed by atoms with Crippen molar-refractivity contribution in [2.24, 2.45) is 0 Å². The Kier molecular flexibility index (Phi) is 14.3. The maximum absolute atomic E-state index is 11.3. The van der Waals surface area contributed by atoms with E-state index in [1.807, 2.05) is 20.8 Å². The average molecular weight is 431 g/mol. The summed E-state index contributed by atoms with van der Waals surface area (Å²) in [6, 6.07) is 0.159. The number of ether oxygens (including phenoxy) is 2. The number of rotatable bonds is 17. The fraction of sp³-hybridized carbons (Fsp3) is 0.933. The summed E-state index contributed by atoms with van der Waals surface area (Å²) in [5.74, 6) is -0.732. The van der Waals surface area contributed by atoms with Crippen LogP contribution in [0.15, 0.2) is 0 Å². The second-order valence-corrected chi connectivity index (χ2v) is 10.6. The van der Waals surface area contributed by atoms with E-state index in [1.54, 1.807) is 0 Å². The zero-order valence-electron chi connectivity index (χ0n) is 16.4. The molecule has 0 spiro atoms. The highest BCUT2D eigenvalue weighted by Gasteiger charge is 2.39. The summed E-state index contributed by atoms with van der Waals surface area (Å²) >= 11 is 0. The van der Waals surface area contributed by atoms with Crippen molar-refractivity contribution in [1.82, 2.24) is 0 Å². The second-order valence-electron chi connectivity index (χ2n) is 5.77. The van der Waals surface area contributed by atoms with Crippen LogP contribution in [-0.2, 0) is 27.5 Å². The van der Waals surface area contributed by atoms with Crippen LogP contribution in [0.25, 0.3) is 0 Å². The topological polar surface area (TPSA) is 144 Å². The summed E-state index contributed by atoms with van der Waals surface area (Å²) in [5.41, 5.74) is 0. The molecule has 1 atom stereocenters. The lowest BCUT2D eigenvalue weighted by Crippen LogP contribution is -2.46. The highest BCUT2D eigenvalue weighted by atomic mass is 28.4. The van der Waals surface area contributed by atoms with E-state index < -0.39 is 35.7 Å². The molecule has 0 aliphatic heterocycles. The van der Waals surface area contributed by atoms with E-state index in [0.29, 0.717) is 38.9 Å². The third-order valence-corrected chi connectivity index (χ3v) is 7.35. The summed E-state index contributed by atoms with van der Waals surface area (Å²) in [7, 11) is -6.95. The van der Waals surface area contributed by atoms with Crippen molar-refractivity contribution >= 4 is 23.6 Å². The minimum absolute atomic E-state index is 0.0154. The van der Waals surface area contributed by atoms with Crippen LogP contribution in [0.1, 0.15) is 33.6 Å². The van der Waals surface area contributed by atoms with Gasteiger partial charge < -0.3 is 42.2 Å². The Bertz CT molecular complexity index is 374. The van der Waals surface area contributed by atoms with Gasteiger partial charge in [-0.25, -0.2) is 0 Å². The number of carbonyl (C=O) groups excluding carboxylic acids is 1. The van der Waals surface area contributed by atoms with Gasteiger partial charge in [-0.1, -0.05) is 0 Å². The van der Waals surface area contributed by atoms with Crippen LogP contribution in [0.2, 0.25) is 12.1 Å². The van der Waals surface area contributed by atoms with Gasteiger partial charge in [-0.15, -0.1) is 0 Å². The Hall–Kier alpha value is -0.416. The standard InChI is InChI=1S/C15H34O10Si2/c1-4-23-27(24-5-2,25-6-3)10-7-9-21-12-14(16)13-22-15(17)8-11-26(18,19)20/h14,16,18-20H,4-13H2,1-3H3. The first kappa shape index (κ1) is 26.6. The molecule has 0 bridgehead atoms. The third-order valence-electron chi connectivity index (χ3n) is 3.28. The summed E-state index contributed by atoms with van der Waals surface area (Å²) in [6.07, 6.45) is -0.696. The van der Waals surface area contributed by atoms with Crippen molar-refractivity contribution in [1.29, 1.82) is 0 Å². The van der Waals surface area contributed by atoms with Gasteiger partial charge in [-0.2, -0.15) is 0 Å². The van der Waals surface area contributed by atoms with Crippen LogP contribution in [0.4, 0.5) is 0 Å². The molecule has 0 aromatic carbocycles. The largest absolute Gasteiger partial charge is 0.501 e. The number of aliphatic hydroxyl groups is 1. The van der Waals surface area contributed by atoms with Crippen LogP contribution in [0.3, 0.4) is 0 Å². The molecule has 0 saturated carbocycles. The average Bonchev–Trinajstić information content (AvgIpc) is 2.58. The van der Waals surface area contributed by atoms with Crippen LogP contribution in [0, 0.1) is 0 Å². The fourth-order valence-electron chi connectivity index (χ4n) is 2.19. The second kappa shape index (κ2) is 14.6. The first-order valence-corrected chi connectivity index (χ1v) is 13.2. The predicted molar refractivity (Wildman–Crippen MR) is 99.7 cm³/mol. The Morgan fingerprint density at radius 1 is 0.926 bits per heavy atom. The van der Waals surface area contributed by atoms with E-state index in [-0.39, 0.29) is 19.6 Å². The number of esters is 1. The predicted octanol–water partition coefficient (Wildman–Crippen LogP) is -0.348. The van der Waals surface area contributed by atoms with E-state index >= 15 is 0 Å². The van der Waals surface area contributed by atoms with Crippen molar-refractivity contribution in [3.8, 4) is 0 Å². The summed E-state index contributed by atoms with van der Waals surface area (Å²) in [6.45, 7) is 7.24. The quantitative estimate of drug-likeness (QED) is 0.137. The Morgan fingerprint density at radius 2 is 1.48 bits per heavy atom. The van der Waals surface area contributed by atoms with Crippen molar-refractivity contribution in [2.75, 3.05) is 39.6 Å². The van der Waals surface area contributed by atoms with E-state index in [2.05, 4.69) is 0 Å². The van der Waals surface area contributed by atoms with Gasteiger partial charge >= 0.3 is 23.6 Å². The van der Waals surface area contributed by atoms with E-state index in [9.17, 15) is 9.90 Å². The number of carbonyl (C=O) groups is 1. The zero-order valence-corrected chi connectivity index (χ0v) is 18.4. The SMILES string of the molecule is CCO[Si](CCCOCC(O)COC(=O)CC[Si](O)(O)O)(OCC)OCC. The molecule has 0 aliphatic carbocycles. The highest BCUT2D eigenvalue weighted by molar-refractivity contribution is 6.60. The molecule has 0 fully saturated rings. The normalized spacial score (nSPS) is 13.6. The zero-order chi connectivity index (χ0) is 20.8. The van der Waals surface area contributed by atoms with Crippen molar-refractivity contribution < 1.29 is 47.0 Å². The molecule has 10 nitrogen and oxygen atoms in total. The molecular weight excluding hydrogens is 396 g/mol. The van der Waals surface area contributed by atoms with Gasteiger partial charge in [0, 0.05) is 44.9 Å². The van der Waals surface area contributed by atoms with Gasteiger partial charge in [0.05, 0.1) is 6.61 Å². The lowest BCUT2D eigenvalue weighted by molar-refractivity contribution is -0.147. The lowest BCUT2D eigenvalue weighted by atomic mass is 10.4. The molecule has 12 heteroatoms. The Labute approximate surface area is 162 Å². The molecule has 0 amide bonds. The van der Waals surface area contributed by atoms with Gasteiger partial charge in [0.2, 0.25) is 0 Å². The maximum Gasteiger partial charge on any atom is 0.501 e. The fourth-order valence-corrected chi connectivity index (χ4v) is 5.31.